The van der Waals surface area contributed by atoms with E-state index in [1.807, 2.05) is 18.2 Å². The Morgan fingerprint density at radius 2 is 1.90 bits per heavy atom. The van der Waals surface area contributed by atoms with Gasteiger partial charge in [0.25, 0.3) is 0 Å². The zero-order chi connectivity index (χ0) is 14.4. The number of hydrogen-bond donors (Lipinski definition) is 1. The molecule has 2 rings (SSSR count). The van der Waals surface area contributed by atoms with Crippen LogP contribution in [-0.2, 0) is 0 Å². The molecule has 4 nitrogen and oxygen atoms in total. The normalized spacial score (nSPS) is 10.3. The highest BCUT2D eigenvalue weighted by molar-refractivity contribution is 6.33. The Bertz CT molecular complexity index is 548. The molecule has 0 radical (unpaired) electrons. The van der Waals surface area contributed by atoms with Crippen molar-refractivity contribution < 1.29 is 0 Å². The summed E-state index contributed by atoms with van der Waals surface area (Å²) in [5.74, 6) is 0. The molecule has 6 heteroatoms. The van der Waals surface area contributed by atoms with E-state index in [0.717, 1.165) is 19.5 Å². The average Bonchev–Trinajstić information content (AvgIpc) is 2.47. The number of benzene rings is 1. The van der Waals surface area contributed by atoms with Gasteiger partial charge >= 0.3 is 0 Å². The van der Waals surface area contributed by atoms with Crippen LogP contribution in [0.25, 0.3) is 0 Å². The Morgan fingerprint density at radius 1 is 1.15 bits per heavy atom. The van der Waals surface area contributed by atoms with Crippen LogP contribution in [-0.4, -0.2) is 30.3 Å². The predicted molar refractivity (Wildman–Crippen MR) is 84.9 cm³/mol. The third-order valence-electron chi connectivity index (χ3n) is 2.90. The van der Waals surface area contributed by atoms with Gasteiger partial charge in [0.1, 0.15) is 0 Å². The summed E-state index contributed by atoms with van der Waals surface area (Å²) in [4.78, 5) is 2.21. The lowest BCUT2D eigenvalue weighted by molar-refractivity contribution is 0.815. The van der Waals surface area contributed by atoms with Gasteiger partial charge in [-0.1, -0.05) is 41.4 Å². The minimum absolute atomic E-state index is 0.332. The number of nitrogens with zero attached hydrogens (tertiary/aromatic N) is 3. The lowest BCUT2D eigenvalue weighted by Crippen LogP contribution is -2.20. The van der Waals surface area contributed by atoms with Crippen LogP contribution in [0, 0.1) is 0 Å². The predicted octanol–water partition coefficient (Wildman–Crippen LogP) is 3.72. The van der Waals surface area contributed by atoms with E-state index < -0.39 is 0 Å². The first-order chi connectivity index (χ1) is 9.66. The third kappa shape index (κ3) is 4.25. The molecule has 0 saturated carbocycles. The number of halogens is 2. The fourth-order valence-electron chi connectivity index (χ4n) is 1.83. The third-order valence-corrected chi connectivity index (χ3v) is 3.37. The van der Waals surface area contributed by atoms with Crippen LogP contribution in [0.15, 0.2) is 36.4 Å². The Balaban J connectivity index is 1.78. The number of anilines is 2. The maximum Gasteiger partial charge on any atom is 0.174 e. The fraction of sp³-hybridized carbons (Fsp3) is 0.286. The minimum atomic E-state index is 0.332. The lowest BCUT2D eigenvalue weighted by Gasteiger charge is -2.19. The van der Waals surface area contributed by atoms with Crippen molar-refractivity contribution in [1.29, 1.82) is 0 Å². The van der Waals surface area contributed by atoms with Gasteiger partial charge in [-0.3, -0.25) is 0 Å². The average molecular weight is 311 g/mol. The first-order valence-electron chi connectivity index (χ1n) is 6.35. The lowest BCUT2D eigenvalue weighted by atomic mass is 10.3. The minimum Gasteiger partial charge on any atom is -0.382 e. The number of rotatable bonds is 6. The smallest absolute Gasteiger partial charge is 0.174 e. The summed E-state index contributed by atoms with van der Waals surface area (Å²) < 4.78 is 0. The Morgan fingerprint density at radius 3 is 2.65 bits per heavy atom. The summed E-state index contributed by atoms with van der Waals surface area (Å²) in [5, 5.41) is 11.3. The summed E-state index contributed by atoms with van der Waals surface area (Å²) >= 11 is 11.7. The number of para-hydroxylation sites is 1. The largest absolute Gasteiger partial charge is 0.382 e. The molecule has 0 aliphatic rings. The van der Waals surface area contributed by atoms with E-state index in [2.05, 4.69) is 39.6 Å². The first-order valence-corrected chi connectivity index (χ1v) is 7.11. The summed E-state index contributed by atoms with van der Waals surface area (Å²) in [5.41, 5.74) is 1.92. The van der Waals surface area contributed by atoms with Crippen LogP contribution in [0.3, 0.4) is 0 Å². The second kappa shape index (κ2) is 7.31. The molecule has 0 amide bonds. The van der Waals surface area contributed by atoms with Gasteiger partial charge < -0.3 is 10.2 Å². The Kier molecular flexibility index (Phi) is 5.44. The van der Waals surface area contributed by atoms with Crippen molar-refractivity contribution in [3.05, 3.63) is 46.7 Å². The van der Waals surface area contributed by atoms with E-state index in [9.17, 15) is 0 Å². The maximum absolute atomic E-state index is 5.93. The van der Waals surface area contributed by atoms with Gasteiger partial charge in [-0.05, 0) is 18.6 Å². The van der Waals surface area contributed by atoms with Gasteiger partial charge in [-0.25, -0.2) is 0 Å². The van der Waals surface area contributed by atoms with Crippen LogP contribution >= 0.6 is 23.2 Å². The molecule has 1 aromatic heterocycles. The molecule has 1 N–H and O–H groups in total. The highest BCUT2D eigenvalue weighted by atomic mass is 35.5. The van der Waals surface area contributed by atoms with E-state index >= 15 is 0 Å². The van der Waals surface area contributed by atoms with Gasteiger partial charge in [0.2, 0.25) is 0 Å². The molecule has 0 aliphatic heterocycles. The molecule has 0 atom stereocenters. The second-order valence-corrected chi connectivity index (χ2v) is 5.15. The maximum atomic E-state index is 5.93. The molecule has 0 fully saturated rings. The number of nitrogens with one attached hydrogen (secondary N) is 1. The summed E-state index contributed by atoms with van der Waals surface area (Å²) in [6.45, 7) is 1.74. The molecule has 1 aromatic carbocycles. The van der Waals surface area contributed by atoms with Gasteiger partial charge in [0.05, 0.1) is 5.69 Å². The summed E-state index contributed by atoms with van der Waals surface area (Å²) in [6, 6.07) is 12.0. The topological polar surface area (TPSA) is 41.0 Å². The first kappa shape index (κ1) is 14.9. The van der Waals surface area contributed by atoms with Gasteiger partial charge in [0, 0.05) is 31.9 Å². The Labute approximate surface area is 128 Å². The van der Waals surface area contributed by atoms with Crippen molar-refractivity contribution in [2.24, 2.45) is 0 Å². The Hall–Kier alpha value is -1.52. The molecule has 2 aromatic rings. The highest BCUT2D eigenvalue weighted by Crippen LogP contribution is 2.20. The fourth-order valence-corrected chi connectivity index (χ4v) is 2.13. The van der Waals surface area contributed by atoms with Crippen molar-refractivity contribution in [2.45, 2.75) is 6.42 Å². The molecular weight excluding hydrogens is 295 g/mol. The van der Waals surface area contributed by atoms with Crippen molar-refractivity contribution in [3.63, 3.8) is 0 Å². The molecule has 0 unspecified atom stereocenters. The highest BCUT2D eigenvalue weighted by Gasteiger charge is 2.04. The van der Waals surface area contributed by atoms with E-state index in [1.54, 1.807) is 6.07 Å². The summed E-state index contributed by atoms with van der Waals surface area (Å²) in [7, 11) is 2.08. The summed E-state index contributed by atoms with van der Waals surface area (Å²) in [6.07, 6.45) is 0.974. The standard InChI is InChI=1S/C14H16Cl2N4/c1-20(11-6-3-2-4-7-11)9-5-8-17-12-10-13(15)18-19-14(12)16/h2-4,6-7,10H,5,8-9H2,1H3,(H,17,18). The molecule has 20 heavy (non-hydrogen) atoms. The van der Waals surface area contributed by atoms with E-state index in [4.69, 9.17) is 23.2 Å². The zero-order valence-electron chi connectivity index (χ0n) is 11.2. The van der Waals surface area contributed by atoms with Crippen LogP contribution in [0.5, 0.6) is 0 Å². The van der Waals surface area contributed by atoms with Crippen molar-refractivity contribution >= 4 is 34.6 Å². The molecule has 106 valence electrons. The quantitative estimate of drug-likeness (QED) is 0.826. The van der Waals surface area contributed by atoms with Gasteiger partial charge in [-0.2, -0.15) is 0 Å². The van der Waals surface area contributed by atoms with Crippen LogP contribution in [0.2, 0.25) is 10.3 Å². The zero-order valence-corrected chi connectivity index (χ0v) is 12.7. The molecule has 0 aliphatic carbocycles. The van der Waals surface area contributed by atoms with Crippen LogP contribution in [0.4, 0.5) is 11.4 Å². The van der Waals surface area contributed by atoms with Crippen LogP contribution < -0.4 is 10.2 Å². The SMILES string of the molecule is CN(CCCNc1cc(Cl)nnc1Cl)c1ccccc1. The van der Waals surface area contributed by atoms with E-state index in [0.29, 0.717) is 16.0 Å². The molecule has 0 saturated heterocycles. The molecule has 0 spiro atoms. The van der Waals surface area contributed by atoms with Crippen molar-refractivity contribution in [3.8, 4) is 0 Å². The monoisotopic (exact) mass is 310 g/mol. The second-order valence-electron chi connectivity index (χ2n) is 4.41. The van der Waals surface area contributed by atoms with Crippen LogP contribution in [0.1, 0.15) is 6.42 Å². The molecule has 0 bridgehead atoms. The molecule has 1 heterocycles. The van der Waals surface area contributed by atoms with Gasteiger partial charge in [-0.15, -0.1) is 10.2 Å². The van der Waals surface area contributed by atoms with Gasteiger partial charge in [0.15, 0.2) is 10.3 Å². The van der Waals surface area contributed by atoms with E-state index in [1.165, 1.54) is 5.69 Å². The van der Waals surface area contributed by atoms with E-state index in [-0.39, 0.29) is 0 Å². The number of hydrogen-bond acceptors (Lipinski definition) is 4. The van der Waals surface area contributed by atoms with Crippen molar-refractivity contribution in [2.75, 3.05) is 30.4 Å². The molecular formula is C14H16Cl2N4. The van der Waals surface area contributed by atoms with Crippen molar-refractivity contribution in [1.82, 2.24) is 10.2 Å². The number of aromatic nitrogens is 2.